The molecule has 1 atom stereocenters. The fraction of sp³-hybridized carbons (Fsp3) is 0.241. The zero-order valence-electron chi connectivity index (χ0n) is 20.9. The Bertz CT molecular complexity index is 1750. The molecule has 0 saturated carbocycles. The van der Waals surface area contributed by atoms with Gasteiger partial charge < -0.3 is 34.0 Å². The number of carbonyl (C=O) groups excluding carboxylic acids is 1. The number of nitrogens with one attached hydrogen (secondary N) is 2. The van der Waals surface area contributed by atoms with Crippen molar-refractivity contribution in [3.63, 3.8) is 0 Å². The number of para-hydroxylation sites is 1. The lowest BCUT2D eigenvalue weighted by molar-refractivity contribution is 0.0911. The predicted octanol–water partition coefficient (Wildman–Crippen LogP) is 4.28. The SMILES string of the molecule is CC(C)Oc1cc2oc(=O)c3cc4c(cc3c2cc1C(=O)N[C@@H](CO)Cc1c[nH]c2ccccc12)OCO4. The summed E-state index contributed by atoms with van der Waals surface area (Å²) in [5.41, 5.74) is 1.99. The van der Waals surface area contributed by atoms with Gasteiger partial charge in [-0.2, -0.15) is 0 Å². The van der Waals surface area contributed by atoms with E-state index < -0.39 is 17.6 Å². The standard InChI is InChI=1S/C29H26N2O7/c1-15(2)37-25-11-24-20(19-9-26-27(36-14-35-26)10-21(19)29(34)38-24)8-22(25)28(33)31-17(13-32)7-16-12-30-23-6-4-3-5-18(16)23/h3-6,8-12,15,17,30,32H,7,13-14H2,1-2H3,(H,31,33)/t17-/m1/s1. The lowest BCUT2D eigenvalue weighted by Crippen LogP contribution is -2.39. The zero-order valence-corrected chi connectivity index (χ0v) is 20.9. The van der Waals surface area contributed by atoms with Crippen LogP contribution in [-0.2, 0) is 6.42 Å². The highest BCUT2D eigenvalue weighted by Gasteiger charge is 2.23. The van der Waals surface area contributed by atoms with Gasteiger partial charge in [-0.3, -0.25) is 4.79 Å². The third-order valence-electron chi connectivity index (χ3n) is 6.61. The summed E-state index contributed by atoms with van der Waals surface area (Å²) in [7, 11) is 0. The van der Waals surface area contributed by atoms with Gasteiger partial charge in [0.1, 0.15) is 11.3 Å². The summed E-state index contributed by atoms with van der Waals surface area (Å²) < 4.78 is 22.5. The minimum atomic E-state index is -0.538. The van der Waals surface area contributed by atoms with Gasteiger partial charge in [-0.05, 0) is 50.1 Å². The van der Waals surface area contributed by atoms with Crippen LogP contribution in [0, 0.1) is 0 Å². The van der Waals surface area contributed by atoms with Crippen LogP contribution in [0.25, 0.3) is 32.6 Å². The number of aliphatic hydroxyl groups is 1. The molecule has 0 spiro atoms. The predicted molar refractivity (Wildman–Crippen MR) is 142 cm³/mol. The highest BCUT2D eigenvalue weighted by Crippen LogP contribution is 2.39. The van der Waals surface area contributed by atoms with Gasteiger partial charge in [-0.15, -0.1) is 0 Å². The molecule has 0 unspecified atom stereocenters. The van der Waals surface area contributed by atoms with Gasteiger partial charge in [0.2, 0.25) is 6.79 Å². The third-order valence-corrected chi connectivity index (χ3v) is 6.61. The molecular weight excluding hydrogens is 488 g/mol. The largest absolute Gasteiger partial charge is 0.490 e. The molecule has 9 nitrogen and oxygen atoms in total. The summed E-state index contributed by atoms with van der Waals surface area (Å²) in [6, 6.07) is 13.8. The molecule has 38 heavy (non-hydrogen) atoms. The number of H-pyrrole nitrogens is 1. The van der Waals surface area contributed by atoms with Crippen molar-refractivity contribution in [3.8, 4) is 17.2 Å². The fourth-order valence-corrected chi connectivity index (χ4v) is 4.86. The number of aromatic nitrogens is 1. The first-order valence-electron chi connectivity index (χ1n) is 12.4. The van der Waals surface area contributed by atoms with E-state index in [9.17, 15) is 14.7 Å². The van der Waals surface area contributed by atoms with Gasteiger partial charge in [-0.25, -0.2) is 4.79 Å². The lowest BCUT2D eigenvalue weighted by Gasteiger charge is -2.19. The molecule has 6 rings (SSSR count). The quantitative estimate of drug-likeness (QED) is 0.219. The van der Waals surface area contributed by atoms with Crippen molar-refractivity contribution in [1.29, 1.82) is 0 Å². The Hall–Kier alpha value is -4.50. The maximum absolute atomic E-state index is 13.6. The van der Waals surface area contributed by atoms with Crippen LogP contribution in [0.15, 0.2) is 63.9 Å². The molecule has 194 valence electrons. The third kappa shape index (κ3) is 4.20. The van der Waals surface area contributed by atoms with Crippen molar-refractivity contribution in [2.24, 2.45) is 0 Å². The number of fused-ring (bicyclic) bond motifs is 5. The Morgan fingerprint density at radius 1 is 1.05 bits per heavy atom. The summed E-state index contributed by atoms with van der Waals surface area (Å²) in [6.07, 6.45) is 2.09. The van der Waals surface area contributed by atoms with E-state index in [0.29, 0.717) is 34.1 Å². The van der Waals surface area contributed by atoms with Gasteiger partial charge in [0.05, 0.1) is 29.7 Å². The second-order valence-corrected chi connectivity index (χ2v) is 9.57. The number of carbonyl (C=O) groups is 1. The minimum absolute atomic E-state index is 0.0634. The molecule has 0 fully saturated rings. The van der Waals surface area contributed by atoms with Crippen LogP contribution >= 0.6 is 0 Å². The summed E-state index contributed by atoms with van der Waals surface area (Å²) >= 11 is 0. The molecule has 0 radical (unpaired) electrons. The second kappa shape index (κ2) is 9.42. The molecule has 3 aromatic carbocycles. The fourth-order valence-electron chi connectivity index (χ4n) is 4.86. The van der Waals surface area contributed by atoms with Crippen LogP contribution in [0.2, 0.25) is 0 Å². The topological polar surface area (TPSA) is 123 Å². The van der Waals surface area contributed by atoms with Gasteiger partial charge in [-0.1, -0.05) is 18.2 Å². The van der Waals surface area contributed by atoms with E-state index >= 15 is 0 Å². The van der Waals surface area contributed by atoms with Crippen LogP contribution in [-0.4, -0.2) is 41.5 Å². The summed E-state index contributed by atoms with van der Waals surface area (Å²) in [4.78, 5) is 29.6. The molecule has 1 aliphatic heterocycles. The lowest BCUT2D eigenvalue weighted by atomic mass is 10.0. The Labute approximate surface area is 216 Å². The number of hydrogen-bond donors (Lipinski definition) is 3. The smallest absolute Gasteiger partial charge is 0.344 e. The first kappa shape index (κ1) is 23.9. The van der Waals surface area contributed by atoms with E-state index in [-0.39, 0.29) is 36.4 Å². The van der Waals surface area contributed by atoms with Crippen molar-refractivity contribution in [1.82, 2.24) is 10.3 Å². The van der Waals surface area contributed by atoms with Crippen molar-refractivity contribution in [2.45, 2.75) is 32.4 Å². The van der Waals surface area contributed by atoms with Crippen molar-refractivity contribution in [3.05, 3.63) is 76.3 Å². The Kier molecular flexibility index (Phi) is 5.92. The molecule has 5 aromatic rings. The monoisotopic (exact) mass is 514 g/mol. The number of aromatic amines is 1. The molecular formula is C29H26N2O7. The molecule has 3 heterocycles. The van der Waals surface area contributed by atoms with E-state index in [1.807, 2.05) is 44.3 Å². The summed E-state index contributed by atoms with van der Waals surface area (Å²) in [6.45, 7) is 3.50. The first-order chi connectivity index (χ1) is 18.4. The maximum Gasteiger partial charge on any atom is 0.344 e. The van der Waals surface area contributed by atoms with Crippen LogP contribution in [0.4, 0.5) is 0 Å². The average molecular weight is 515 g/mol. The normalized spacial score (nSPS) is 13.5. The maximum atomic E-state index is 13.6. The van der Waals surface area contributed by atoms with Gasteiger partial charge in [0.25, 0.3) is 5.91 Å². The van der Waals surface area contributed by atoms with E-state index in [0.717, 1.165) is 16.5 Å². The number of hydrogen-bond acceptors (Lipinski definition) is 7. The van der Waals surface area contributed by atoms with Crippen LogP contribution in [0.3, 0.4) is 0 Å². The van der Waals surface area contributed by atoms with Gasteiger partial charge in [0, 0.05) is 33.9 Å². The minimum Gasteiger partial charge on any atom is -0.490 e. The van der Waals surface area contributed by atoms with Gasteiger partial charge in [0.15, 0.2) is 11.5 Å². The van der Waals surface area contributed by atoms with Crippen LogP contribution in [0.5, 0.6) is 17.2 Å². The van der Waals surface area contributed by atoms with E-state index in [4.69, 9.17) is 18.6 Å². The number of benzene rings is 3. The molecule has 9 heteroatoms. The Morgan fingerprint density at radius 3 is 2.58 bits per heavy atom. The number of aliphatic hydroxyl groups excluding tert-OH is 1. The molecule has 1 aliphatic rings. The summed E-state index contributed by atoms with van der Waals surface area (Å²) in [5, 5.41) is 15.5. The average Bonchev–Trinajstić information content (AvgIpc) is 3.53. The summed E-state index contributed by atoms with van der Waals surface area (Å²) in [5.74, 6) is 0.834. The highest BCUT2D eigenvalue weighted by atomic mass is 16.7. The van der Waals surface area contributed by atoms with Gasteiger partial charge >= 0.3 is 5.63 Å². The van der Waals surface area contributed by atoms with Crippen molar-refractivity contribution >= 4 is 38.6 Å². The van der Waals surface area contributed by atoms with Crippen LogP contribution in [0.1, 0.15) is 29.8 Å². The van der Waals surface area contributed by atoms with Crippen LogP contribution < -0.4 is 25.2 Å². The van der Waals surface area contributed by atoms with E-state index in [1.165, 1.54) is 0 Å². The van der Waals surface area contributed by atoms with E-state index in [1.54, 1.807) is 24.3 Å². The molecule has 2 aromatic heterocycles. The number of ether oxygens (including phenoxy) is 3. The molecule has 3 N–H and O–H groups in total. The first-order valence-corrected chi connectivity index (χ1v) is 12.4. The zero-order chi connectivity index (χ0) is 26.4. The highest BCUT2D eigenvalue weighted by molar-refractivity contribution is 6.10. The molecule has 0 aliphatic carbocycles. The Morgan fingerprint density at radius 2 is 1.82 bits per heavy atom. The van der Waals surface area contributed by atoms with E-state index in [2.05, 4.69) is 10.3 Å². The van der Waals surface area contributed by atoms with Crippen molar-refractivity contribution in [2.75, 3.05) is 13.4 Å². The number of amides is 1. The molecule has 1 amide bonds. The Balaban J connectivity index is 1.40. The molecule has 0 bridgehead atoms. The van der Waals surface area contributed by atoms with Crippen molar-refractivity contribution < 1.29 is 28.5 Å². The second-order valence-electron chi connectivity index (χ2n) is 9.57. The number of rotatable bonds is 7. The molecule has 0 saturated heterocycles.